The van der Waals surface area contributed by atoms with Crippen molar-refractivity contribution in [3.8, 4) is 0 Å². The molecule has 0 aliphatic rings. The van der Waals surface area contributed by atoms with E-state index in [4.69, 9.17) is 0 Å². The highest BCUT2D eigenvalue weighted by molar-refractivity contribution is 5.83. The van der Waals surface area contributed by atoms with Crippen molar-refractivity contribution in [3.05, 3.63) is 48.0 Å². The van der Waals surface area contributed by atoms with Crippen LogP contribution in [0.2, 0.25) is 0 Å². The Balaban J connectivity index is 3.16. The number of carbonyl (C=O) groups excluding carboxylic acids is 1. The zero-order valence-corrected chi connectivity index (χ0v) is 13.8. The molecule has 3 nitrogen and oxygen atoms in total. The molecular weight excluding hydrogens is 260 g/mol. The SMILES string of the molecule is C=C(C)CN(CC)C(C(=O)N(CC)CC)c1ccccc1. The third-order valence-electron chi connectivity index (χ3n) is 3.67. The topological polar surface area (TPSA) is 23.6 Å². The molecule has 116 valence electrons. The molecule has 1 rings (SSSR count). The number of rotatable bonds is 8. The summed E-state index contributed by atoms with van der Waals surface area (Å²) in [7, 11) is 0. The molecule has 21 heavy (non-hydrogen) atoms. The van der Waals surface area contributed by atoms with Gasteiger partial charge in [-0.1, -0.05) is 49.4 Å². The average Bonchev–Trinajstić information content (AvgIpc) is 2.48. The summed E-state index contributed by atoms with van der Waals surface area (Å²) in [6.07, 6.45) is 0. The molecule has 0 saturated heterocycles. The molecule has 1 amide bonds. The summed E-state index contributed by atoms with van der Waals surface area (Å²) >= 11 is 0. The maximum atomic E-state index is 12.9. The summed E-state index contributed by atoms with van der Waals surface area (Å²) in [4.78, 5) is 17.0. The monoisotopic (exact) mass is 288 g/mol. The standard InChI is InChI=1S/C18H28N2O/c1-6-19(7-2)18(21)17(16-12-10-9-11-13-16)20(8-3)14-15(4)5/h9-13,17H,4,6-8,14H2,1-3,5H3. The molecule has 0 fully saturated rings. The first-order chi connectivity index (χ1) is 10.0. The fraction of sp³-hybridized carbons (Fsp3) is 0.500. The average molecular weight is 288 g/mol. The van der Waals surface area contributed by atoms with Gasteiger partial charge in [-0.2, -0.15) is 0 Å². The van der Waals surface area contributed by atoms with Gasteiger partial charge in [0.1, 0.15) is 6.04 Å². The summed E-state index contributed by atoms with van der Waals surface area (Å²) in [5, 5.41) is 0. The van der Waals surface area contributed by atoms with Crippen molar-refractivity contribution in [2.75, 3.05) is 26.2 Å². The molecule has 1 atom stereocenters. The van der Waals surface area contributed by atoms with E-state index in [-0.39, 0.29) is 11.9 Å². The minimum Gasteiger partial charge on any atom is -0.342 e. The van der Waals surface area contributed by atoms with E-state index in [1.54, 1.807) is 0 Å². The summed E-state index contributed by atoms with van der Waals surface area (Å²) in [5.74, 6) is 0.175. The molecule has 0 N–H and O–H groups in total. The van der Waals surface area contributed by atoms with Crippen LogP contribution in [0.1, 0.15) is 39.3 Å². The van der Waals surface area contributed by atoms with Gasteiger partial charge in [0, 0.05) is 19.6 Å². The molecule has 3 heteroatoms. The van der Waals surface area contributed by atoms with Crippen LogP contribution in [0, 0.1) is 0 Å². The lowest BCUT2D eigenvalue weighted by atomic mass is 10.0. The number of hydrogen-bond donors (Lipinski definition) is 0. The maximum absolute atomic E-state index is 12.9. The van der Waals surface area contributed by atoms with Gasteiger partial charge in [0.2, 0.25) is 5.91 Å². The van der Waals surface area contributed by atoms with Gasteiger partial charge in [-0.25, -0.2) is 0 Å². The Morgan fingerprint density at radius 1 is 1.10 bits per heavy atom. The van der Waals surface area contributed by atoms with Crippen molar-refractivity contribution < 1.29 is 4.79 Å². The van der Waals surface area contributed by atoms with E-state index in [9.17, 15) is 4.79 Å². The smallest absolute Gasteiger partial charge is 0.244 e. The highest BCUT2D eigenvalue weighted by Crippen LogP contribution is 2.24. The van der Waals surface area contributed by atoms with Crippen molar-refractivity contribution in [2.24, 2.45) is 0 Å². The van der Waals surface area contributed by atoms with Gasteiger partial charge in [-0.05, 0) is 32.9 Å². The molecule has 0 aliphatic heterocycles. The molecule has 0 bridgehead atoms. The van der Waals surface area contributed by atoms with Crippen LogP contribution in [0.25, 0.3) is 0 Å². The number of nitrogens with zero attached hydrogens (tertiary/aromatic N) is 2. The van der Waals surface area contributed by atoms with E-state index in [1.165, 1.54) is 0 Å². The largest absolute Gasteiger partial charge is 0.342 e. The molecule has 0 radical (unpaired) electrons. The van der Waals surface area contributed by atoms with E-state index >= 15 is 0 Å². The van der Waals surface area contributed by atoms with Gasteiger partial charge < -0.3 is 4.90 Å². The maximum Gasteiger partial charge on any atom is 0.244 e. The van der Waals surface area contributed by atoms with Crippen molar-refractivity contribution in [2.45, 2.75) is 33.7 Å². The Morgan fingerprint density at radius 3 is 2.10 bits per heavy atom. The van der Waals surface area contributed by atoms with Crippen LogP contribution in [0.5, 0.6) is 0 Å². The lowest BCUT2D eigenvalue weighted by Crippen LogP contribution is -2.43. The fourth-order valence-electron chi connectivity index (χ4n) is 2.59. The van der Waals surface area contributed by atoms with Gasteiger partial charge in [0.05, 0.1) is 0 Å². The lowest BCUT2D eigenvalue weighted by Gasteiger charge is -2.34. The summed E-state index contributed by atoms with van der Waals surface area (Å²) < 4.78 is 0. The van der Waals surface area contributed by atoms with Gasteiger partial charge >= 0.3 is 0 Å². The molecule has 1 unspecified atom stereocenters. The van der Waals surface area contributed by atoms with Gasteiger partial charge in [-0.15, -0.1) is 0 Å². The highest BCUT2D eigenvalue weighted by atomic mass is 16.2. The number of benzene rings is 1. The second-order valence-electron chi connectivity index (χ2n) is 5.34. The van der Waals surface area contributed by atoms with E-state index in [1.807, 2.05) is 56.0 Å². The van der Waals surface area contributed by atoms with Crippen LogP contribution in [-0.2, 0) is 4.79 Å². The molecule has 0 aliphatic carbocycles. The van der Waals surface area contributed by atoms with Crippen LogP contribution in [-0.4, -0.2) is 41.9 Å². The third-order valence-corrected chi connectivity index (χ3v) is 3.67. The van der Waals surface area contributed by atoms with Crippen LogP contribution < -0.4 is 0 Å². The van der Waals surface area contributed by atoms with Crippen LogP contribution in [0.15, 0.2) is 42.5 Å². The zero-order valence-electron chi connectivity index (χ0n) is 13.8. The lowest BCUT2D eigenvalue weighted by molar-refractivity contribution is -0.136. The molecular formula is C18H28N2O. The second-order valence-corrected chi connectivity index (χ2v) is 5.34. The van der Waals surface area contributed by atoms with E-state index in [0.717, 1.165) is 37.3 Å². The molecule has 0 heterocycles. The number of likely N-dealkylation sites (N-methyl/N-ethyl adjacent to an activating group) is 2. The van der Waals surface area contributed by atoms with Gasteiger partial charge in [-0.3, -0.25) is 9.69 Å². The van der Waals surface area contributed by atoms with Crippen molar-refractivity contribution in [1.29, 1.82) is 0 Å². The van der Waals surface area contributed by atoms with E-state index in [0.29, 0.717) is 0 Å². The Morgan fingerprint density at radius 2 is 1.67 bits per heavy atom. The minimum absolute atomic E-state index is 0.175. The normalized spacial score (nSPS) is 12.2. The minimum atomic E-state index is -0.229. The predicted octanol–water partition coefficient (Wildman–Crippen LogP) is 3.49. The Bertz CT molecular complexity index is 452. The first-order valence-electron chi connectivity index (χ1n) is 7.77. The Kier molecular flexibility index (Phi) is 7.17. The summed E-state index contributed by atoms with van der Waals surface area (Å²) in [6.45, 7) is 15.2. The summed E-state index contributed by atoms with van der Waals surface area (Å²) in [6, 6.07) is 9.81. The molecule has 0 aromatic heterocycles. The zero-order chi connectivity index (χ0) is 15.8. The molecule has 0 saturated carbocycles. The highest BCUT2D eigenvalue weighted by Gasteiger charge is 2.29. The molecule has 1 aromatic rings. The molecule has 1 aromatic carbocycles. The van der Waals surface area contributed by atoms with Crippen LogP contribution >= 0.6 is 0 Å². The quantitative estimate of drug-likeness (QED) is 0.684. The number of amides is 1. The first kappa shape index (κ1) is 17.4. The van der Waals surface area contributed by atoms with Crippen LogP contribution in [0.4, 0.5) is 0 Å². The molecule has 0 spiro atoms. The van der Waals surface area contributed by atoms with Crippen LogP contribution in [0.3, 0.4) is 0 Å². The van der Waals surface area contributed by atoms with E-state index < -0.39 is 0 Å². The van der Waals surface area contributed by atoms with Crippen molar-refractivity contribution in [1.82, 2.24) is 9.80 Å². The number of hydrogen-bond acceptors (Lipinski definition) is 2. The Labute approximate surface area is 129 Å². The number of carbonyl (C=O) groups is 1. The first-order valence-corrected chi connectivity index (χ1v) is 7.77. The summed E-state index contributed by atoms with van der Waals surface area (Å²) in [5.41, 5.74) is 2.13. The van der Waals surface area contributed by atoms with Gasteiger partial charge in [0.25, 0.3) is 0 Å². The van der Waals surface area contributed by atoms with E-state index in [2.05, 4.69) is 18.4 Å². The second kappa shape index (κ2) is 8.63. The Hall–Kier alpha value is -1.61. The third kappa shape index (κ3) is 4.71. The fourth-order valence-corrected chi connectivity index (χ4v) is 2.59. The predicted molar refractivity (Wildman–Crippen MR) is 89.2 cm³/mol. The van der Waals surface area contributed by atoms with Gasteiger partial charge in [0.15, 0.2) is 0 Å². The van der Waals surface area contributed by atoms with Crippen molar-refractivity contribution in [3.63, 3.8) is 0 Å². The van der Waals surface area contributed by atoms with Crippen molar-refractivity contribution >= 4 is 5.91 Å².